The van der Waals surface area contributed by atoms with Crippen LogP contribution < -0.4 is 0 Å². The summed E-state index contributed by atoms with van der Waals surface area (Å²) in [5, 5.41) is 0. The normalized spacial score (nSPS) is 28.5. The predicted octanol–water partition coefficient (Wildman–Crippen LogP) is 1.82. The molecule has 2 rings (SSSR count). The lowest BCUT2D eigenvalue weighted by Gasteiger charge is -2.17. The van der Waals surface area contributed by atoms with Crippen molar-refractivity contribution >= 4 is 5.91 Å². The van der Waals surface area contributed by atoms with Gasteiger partial charge in [-0.15, -0.1) is 0 Å². The smallest absolute Gasteiger partial charge is 0.362 e. The number of rotatable bonds is 3. The van der Waals surface area contributed by atoms with E-state index in [9.17, 15) is 18.0 Å². The van der Waals surface area contributed by atoms with Crippen LogP contribution >= 0.6 is 0 Å². The SMILES string of the molecule is O=C(COCC(F)(F)F)N1C[C@@H]2CCC[C@H]2C1. The summed E-state index contributed by atoms with van der Waals surface area (Å²) >= 11 is 0. The summed E-state index contributed by atoms with van der Waals surface area (Å²) in [6, 6.07) is 0. The van der Waals surface area contributed by atoms with Crippen LogP contribution in [-0.4, -0.2) is 43.3 Å². The van der Waals surface area contributed by atoms with Gasteiger partial charge in [0.1, 0.15) is 13.2 Å². The van der Waals surface area contributed by atoms with Crippen LogP contribution in [0.2, 0.25) is 0 Å². The lowest BCUT2D eigenvalue weighted by molar-refractivity contribution is -0.177. The van der Waals surface area contributed by atoms with Crippen molar-refractivity contribution in [3.63, 3.8) is 0 Å². The second-order valence-corrected chi connectivity index (χ2v) is 4.86. The minimum atomic E-state index is -4.36. The molecule has 1 amide bonds. The molecule has 1 heterocycles. The molecule has 98 valence electrons. The Hall–Kier alpha value is -0.780. The van der Waals surface area contributed by atoms with Crippen LogP contribution in [-0.2, 0) is 9.53 Å². The summed E-state index contributed by atoms with van der Waals surface area (Å²) in [5.41, 5.74) is 0. The summed E-state index contributed by atoms with van der Waals surface area (Å²) in [4.78, 5) is 13.2. The number of hydrogen-bond acceptors (Lipinski definition) is 2. The van der Waals surface area contributed by atoms with Crippen molar-refractivity contribution in [2.24, 2.45) is 11.8 Å². The second-order valence-electron chi connectivity index (χ2n) is 4.86. The maximum absolute atomic E-state index is 11.8. The first kappa shape index (κ1) is 12.7. The zero-order valence-corrected chi connectivity index (χ0v) is 9.50. The first-order valence-corrected chi connectivity index (χ1v) is 5.88. The van der Waals surface area contributed by atoms with Gasteiger partial charge in [0.2, 0.25) is 5.91 Å². The molecule has 1 saturated carbocycles. The van der Waals surface area contributed by atoms with E-state index in [2.05, 4.69) is 4.74 Å². The van der Waals surface area contributed by atoms with E-state index in [4.69, 9.17) is 0 Å². The summed E-state index contributed by atoms with van der Waals surface area (Å²) in [6.45, 7) is -0.420. The molecule has 6 heteroatoms. The Morgan fingerprint density at radius 3 is 2.35 bits per heavy atom. The number of amides is 1. The molecule has 0 spiro atoms. The highest BCUT2D eigenvalue weighted by atomic mass is 19.4. The molecule has 1 aliphatic heterocycles. The van der Waals surface area contributed by atoms with Gasteiger partial charge in [0, 0.05) is 13.1 Å². The van der Waals surface area contributed by atoms with E-state index in [0.717, 1.165) is 12.8 Å². The zero-order valence-electron chi connectivity index (χ0n) is 9.50. The van der Waals surface area contributed by atoms with Gasteiger partial charge in [0.15, 0.2) is 0 Å². The van der Waals surface area contributed by atoms with Crippen molar-refractivity contribution in [1.29, 1.82) is 0 Å². The number of ether oxygens (including phenoxy) is 1. The van der Waals surface area contributed by atoms with Crippen molar-refractivity contribution in [3.8, 4) is 0 Å². The molecule has 3 nitrogen and oxygen atoms in total. The van der Waals surface area contributed by atoms with E-state index in [1.54, 1.807) is 4.90 Å². The van der Waals surface area contributed by atoms with E-state index in [1.165, 1.54) is 6.42 Å². The Balaban J connectivity index is 1.71. The molecule has 0 aromatic rings. The molecule has 17 heavy (non-hydrogen) atoms. The average Bonchev–Trinajstić information content (AvgIpc) is 2.73. The fourth-order valence-corrected chi connectivity index (χ4v) is 2.78. The molecule has 0 N–H and O–H groups in total. The quantitative estimate of drug-likeness (QED) is 0.765. The zero-order chi connectivity index (χ0) is 12.5. The van der Waals surface area contributed by atoms with E-state index < -0.39 is 19.4 Å². The van der Waals surface area contributed by atoms with Crippen molar-refractivity contribution < 1.29 is 22.7 Å². The molecule has 1 saturated heterocycles. The van der Waals surface area contributed by atoms with Gasteiger partial charge >= 0.3 is 6.18 Å². The number of hydrogen-bond donors (Lipinski definition) is 0. The first-order valence-electron chi connectivity index (χ1n) is 5.88. The van der Waals surface area contributed by atoms with Crippen LogP contribution in [0.4, 0.5) is 13.2 Å². The van der Waals surface area contributed by atoms with Gasteiger partial charge in [-0.1, -0.05) is 6.42 Å². The average molecular weight is 251 g/mol. The number of nitrogens with zero attached hydrogens (tertiary/aromatic N) is 1. The Morgan fingerprint density at radius 2 is 1.82 bits per heavy atom. The maximum atomic E-state index is 11.8. The molecular formula is C11H16F3NO2. The molecule has 0 aromatic carbocycles. The molecule has 0 radical (unpaired) electrons. The number of halogens is 3. The minimum absolute atomic E-state index is 0.316. The van der Waals surface area contributed by atoms with Gasteiger partial charge in [0.25, 0.3) is 0 Å². The van der Waals surface area contributed by atoms with Crippen molar-refractivity contribution in [3.05, 3.63) is 0 Å². The van der Waals surface area contributed by atoms with E-state index >= 15 is 0 Å². The fourth-order valence-electron chi connectivity index (χ4n) is 2.78. The standard InChI is InChI=1S/C11H16F3NO2/c12-11(13,14)7-17-6-10(16)15-4-8-2-1-3-9(8)5-15/h8-9H,1-7H2/t8-,9-/m0/s1. The highest BCUT2D eigenvalue weighted by molar-refractivity contribution is 5.77. The molecule has 0 unspecified atom stereocenters. The molecule has 0 aromatic heterocycles. The number of alkyl halides is 3. The van der Waals surface area contributed by atoms with Crippen LogP contribution in [0.25, 0.3) is 0 Å². The van der Waals surface area contributed by atoms with Crippen LogP contribution in [0.5, 0.6) is 0 Å². The predicted molar refractivity (Wildman–Crippen MR) is 54.3 cm³/mol. The monoisotopic (exact) mass is 251 g/mol. The molecule has 2 aliphatic rings. The van der Waals surface area contributed by atoms with Gasteiger partial charge < -0.3 is 9.64 Å². The van der Waals surface area contributed by atoms with Gasteiger partial charge in [-0.3, -0.25) is 4.79 Å². The Labute approximate surface area is 97.9 Å². The van der Waals surface area contributed by atoms with E-state index in [0.29, 0.717) is 24.9 Å². The van der Waals surface area contributed by atoms with Crippen molar-refractivity contribution in [2.45, 2.75) is 25.4 Å². The molecule has 2 atom stereocenters. The number of carbonyl (C=O) groups excluding carboxylic acids is 1. The van der Waals surface area contributed by atoms with Crippen LogP contribution in [0.1, 0.15) is 19.3 Å². The number of carbonyl (C=O) groups is 1. The third kappa shape index (κ3) is 3.34. The first-order chi connectivity index (χ1) is 7.96. The van der Waals surface area contributed by atoms with Crippen LogP contribution in [0.3, 0.4) is 0 Å². The van der Waals surface area contributed by atoms with Gasteiger partial charge in [-0.25, -0.2) is 0 Å². The summed E-state index contributed by atoms with van der Waals surface area (Å²) in [6.07, 6.45) is -0.876. The van der Waals surface area contributed by atoms with Gasteiger partial charge in [0.05, 0.1) is 0 Å². The van der Waals surface area contributed by atoms with Gasteiger partial charge in [-0.2, -0.15) is 13.2 Å². The second kappa shape index (κ2) is 4.84. The maximum Gasteiger partial charge on any atom is 0.411 e. The number of likely N-dealkylation sites (tertiary alicyclic amines) is 1. The molecule has 0 bridgehead atoms. The van der Waals surface area contributed by atoms with Gasteiger partial charge in [-0.05, 0) is 24.7 Å². The number of fused-ring (bicyclic) bond motifs is 1. The van der Waals surface area contributed by atoms with E-state index in [-0.39, 0.29) is 5.91 Å². The highest BCUT2D eigenvalue weighted by Gasteiger charge is 2.38. The van der Waals surface area contributed by atoms with Crippen LogP contribution in [0.15, 0.2) is 0 Å². The summed E-state index contributed by atoms with van der Waals surface area (Å²) in [7, 11) is 0. The van der Waals surface area contributed by atoms with Crippen molar-refractivity contribution in [1.82, 2.24) is 4.90 Å². The Kier molecular flexibility index (Phi) is 3.61. The Morgan fingerprint density at radius 1 is 1.24 bits per heavy atom. The fraction of sp³-hybridized carbons (Fsp3) is 0.909. The summed E-state index contributed by atoms with van der Waals surface area (Å²) in [5.74, 6) is 0.798. The van der Waals surface area contributed by atoms with Crippen LogP contribution in [0, 0.1) is 11.8 Å². The lowest BCUT2D eigenvalue weighted by atomic mass is 10.0. The van der Waals surface area contributed by atoms with E-state index in [1.807, 2.05) is 0 Å². The third-order valence-corrected chi connectivity index (χ3v) is 3.57. The molecule has 2 fully saturated rings. The topological polar surface area (TPSA) is 29.5 Å². The Bertz CT molecular complexity index is 281. The lowest BCUT2D eigenvalue weighted by Crippen LogP contribution is -2.34. The van der Waals surface area contributed by atoms with Crippen molar-refractivity contribution in [2.75, 3.05) is 26.3 Å². The third-order valence-electron chi connectivity index (χ3n) is 3.57. The molecule has 1 aliphatic carbocycles. The summed E-state index contributed by atoms with van der Waals surface area (Å²) < 4.78 is 39.8. The highest BCUT2D eigenvalue weighted by Crippen LogP contribution is 2.37. The minimum Gasteiger partial charge on any atom is -0.362 e. The largest absolute Gasteiger partial charge is 0.411 e. The molecular weight excluding hydrogens is 235 g/mol.